The molecule has 0 aromatic carbocycles. The fraction of sp³-hybridized carbons (Fsp3) is 0.500. The Labute approximate surface area is 119 Å². The van der Waals surface area contributed by atoms with E-state index >= 15 is 0 Å². The largest absolute Gasteiger partial charge is 0.550 e. The minimum absolute atomic E-state index is 0.116. The lowest BCUT2D eigenvalue weighted by Crippen LogP contribution is -2.27. The zero-order valence-corrected chi connectivity index (χ0v) is 12.0. The molecule has 1 aliphatic carbocycles. The van der Waals surface area contributed by atoms with Crippen molar-refractivity contribution in [2.75, 3.05) is 0 Å². The zero-order valence-electron chi connectivity index (χ0n) is 11.2. The summed E-state index contributed by atoms with van der Waals surface area (Å²) in [6.07, 6.45) is 4.29. The summed E-state index contributed by atoms with van der Waals surface area (Å²) in [4.78, 5) is 29.4. The number of carboxylic acid groups (broad SMARTS) is 1. The number of thiophene rings is 1. The molecule has 0 saturated heterocycles. The van der Waals surface area contributed by atoms with Gasteiger partial charge in [-0.2, -0.15) is 0 Å². The second kappa shape index (κ2) is 5.01. The topological polar surface area (TPSA) is 75.0 Å². The molecule has 2 aromatic rings. The molecule has 0 spiro atoms. The van der Waals surface area contributed by atoms with Crippen molar-refractivity contribution < 1.29 is 9.90 Å². The fourth-order valence-corrected chi connectivity index (χ4v) is 4.08. The first-order chi connectivity index (χ1) is 9.56. The van der Waals surface area contributed by atoms with E-state index in [4.69, 9.17) is 0 Å². The Morgan fingerprint density at radius 2 is 2.40 bits per heavy atom. The summed E-state index contributed by atoms with van der Waals surface area (Å²) in [6.45, 7) is 2.34. The van der Waals surface area contributed by atoms with Crippen LogP contribution in [0.15, 0.2) is 11.1 Å². The Bertz CT molecular complexity index is 732. The van der Waals surface area contributed by atoms with E-state index in [1.807, 2.05) is 0 Å². The van der Waals surface area contributed by atoms with Gasteiger partial charge in [0.15, 0.2) is 0 Å². The average molecular weight is 291 g/mol. The van der Waals surface area contributed by atoms with E-state index in [9.17, 15) is 14.7 Å². The van der Waals surface area contributed by atoms with Gasteiger partial charge in [-0.15, -0.1) is 11.3 Å². The lowest BCUT2D eigenvalue weighted by molar-refractivity contribution is -0.305. The first-order valence-electron chi connectivity index (χ1n) is 6.75. The number of carboxylic acids is 1. The van der Waals surface area contributed by atoms with E-state index in [2.05, 4.69) is 11.9 Å². The summed E-state index contributed by atoms with van der Waals surface area (Å²) in [6, 6.07) is 0. The Balaban J connectivity index is 2.08. The minimum atomic E-state index is -1.15. The number of fused-ring (bicyclic) bond motifs is 3. The van der Waals surface area contributed by atoms with Gasteiger partial charge in [-0.05, 0) is 30.7 Å². The van der Waals surface area contributed by atoms with Gasteiger partial charge in [-0.3, -0.25) is 9.36 Å². The number of hydrogen-bond donors (Lipinski definition) is 0. The van der Waals surface area contributed by atoms with E-state index < -0.39 is 5.97 Å². The number of rotatable bonds is 3. The Hall–Kier alpha value is -1.69. The van der Waals surface area contributed by atoms with Crippen molar-refractivity contribution in [3.63, 3.8) is 0 Å². The minimum Gasteiger partial charge on any atom is -0.550 e. The molecule has 0 aliphatic heterocycles. The molecule has 0 radical (unpaired) electrons. The molecule has 6 heteroatoms. The molecule has 3 rings (SSSR count). The monoisotopic (exact) mass is 291 g/mol. The quantitative estimate of drug-likeness (QED) is 0.835. The fourth-order valence-electron chi connectivity index (χ4n) is 2.74. The Morgan fingerprint density at radius 1 is 1.60 bits per heavy atom. The molecule has 0 fully saturated rings. The SMILES string of the molecule is C[C@H]1CCc2c(sc3ncn(CCC(=O)[O-])c(=O)c23)C1. The van der Waals surface area contributed by atoms with Gasteiger partial charge in [0.1, 0.15) is 4.83 Å². The molecule has 0 saturated carbocycles. The number of hydrogen-bond acceptors (Lipinski definition) is 5. The van der Waals surface area contributed by atoms with Crippen molar-refractivity contribution in [1.29, 1.82) is 0 Å². The average Bonchev–Trinajstić information content (AvgIpc) is 2.75. The lowest BCUT2D eigenvalue weighted by atomic mass is 9.89. The second-order valence-corrected chi connectivity index (χ2v) is 6.48. The summed E-state index contributed by atoms with van der Waals surface area (Å²) in [5, 5.41) is 11.2. The summed E-state index contributed by atoms with van der Waals surface area (Å²) in [5.74, 6) is -0.506. The standard InChI is InChI=1S/C14H16N2O3S/c1-8-2-3-9-10(6-8)20-13-12(9)14(19)16(7-15-13)5-4-11(17)18/h7-8H,2-6H2,1H3,(H,17,18)/p-1/t8-/m0/s1. The second-order valence-electron chi connectivity index (χ2n) is 5.40. The van der Waals surface area contributed by atoms with Gasteiger partial charge in [-0.1, -0.05) is 6.92 Å². The van der Waals surface area contributed by atoms with Gasteiger partial charge in [-0.25, -0.2) is 4.98 Å². The highest BCUT2D eigenvalue weighted by atomic mass is 32.1. The molecule has 0 unspecified atom stereocenters. The highest BCUT2D eigenvalue weighted by molar-refractivity contribution is 7.18. The van der Waals surface area contributed by atoms with Crippen LogP contribution in [0.1, 0.15) is 30.2 Å². The van der Waals surface area contributed by atoms with Crippen molar-refractivity contribution in [2.45, 2.75) is 39.2 Å². The van der Waals surface area contributed by atoms with Crippen LogP contribution in [0.25, 0.3) is 10.2 Å². The molecule has 1 aliphatic rings. The van der Waals surface area contributed by atoms with Crippen LogP contribution >= 0.6 is 11.3 Å². The summed E-state index contributed by atoms with van der Waals surface area (Å²) < 4.78 is 1.38. The molecule has 2 heterocycles. The highest BCUT2D eigenvalue weighted by Crippen LogP contribution is 2.35. The van der Waals surface area contributed by atoms with Gasteiger partial charge in [0.05, 0.1) is 11.7 Å². The number of aryl methyl sites for hydroxylation is 2. The van der Waals surface area contributed by atoms with E-state index in [0.717, 1.165) is 29.7 Å². The molecule has 0 bridgehead atoms. The summed E-state index contributed by atoms with van der Waals surface area (Å²) in [7, 11) is 0. The highest BCUT2D eigenvalue weighted by Gasteiger charge is 2.22. The molecule has 106 valence electrons. The number of carbonyl (C=O) groups excluding carboxylic acids is 1. The molecular weight excluding hydrogens is 276 g/mol. The van der Waals surface area contributed by atoms with E-state index in [0.29, 0.717) is 11.3 Å². The molecule has 0 amide bonds. The first kappa shape index (κ1) is 13.3. The lowest BCUT2D eigenvalue weighted by Gasteiger charge is -2.17. The molecular formula is C14H15N2O3S-. The molecule has 0 N–H and O–H groups in total. The summed E-state index contributed by atoms with van der Waals surface area (Å²) >= 11 is 1.60. The third-order valence-corrected chi connectivity index (χ3v) is 5.00. The van der Waals surface area contributed by atoms with Crippen LogP contribution in [-0.2, 0) is 24.2 Å². The van der Waals surface area contributed by atoms with Crippen LogP contribution in [0, 0.1) is 5.92 Å². The zero-order chi connectivity index (χ0) is 14.3. The van der Waals surface area contributed by atoms with Gasteiger partial charge < -0.3 is 9.90 Å². The van der Waals surface area contributed by atoms with Gasteiger partial charge in [0, 0.05) is 23.8 Å². The molecule has 5 nitrogen and oxygen atoms in total. The third-order valence-electron chi connectivity index (χ3n) is 3.84. The van der Waals surface area contributed by atoms with Crippen molar-refractivity contribution in [2.24, 2.45) is 5.92 Å². The van der Waals surface area contributed by atoms with Crippen LogP contribution in [0.3, 0.4) is 0 Å². The van der Waals surface area contributed by atoms with E-state index in [1.54, 1.807) is 11.3 Å². The predicted molar refractivity (Wildman–Crippen MR) is 74.7 cm³/mol. The predicted octanol–water partition coefficient (Wildman–Crippen LogP) is 0.723. The van der Waals surface area contributed by atoms with Crippen LogP contribution in [-0.4, -0.2) is 15.5 Å². The van der Waals surface area contributed by atoms with Crippen molar-refractivity contribution >= 4 is 27.5 Å². The molecule has 2 aromatic heterocycles. The van der Waals surface area contributed by atoms with Crippen molar-refractivity contribution in [3.05, 3.63) is 27.1 Å². The van der Waals surface area contributed by atoms with Gasteiger partial charge in [0.25, 0.3) is 5.56 Å². The van der Waals surface area contributed by atoms with Gasteiger partial charge in [0.2, 0.25) is 0 Å². The van der Waals surface area contributed by atoms with Crippen LogP contribution in [0.4, 0.5) is 0 Å². The number of carbonyl (C=O) groups is 1. The Kier molecular flexibility index (Phi) is 3.33. The normalized spacial score (nSPS) is 18.1. The van der Waals surface area contributed by atoms with Crippen molar-refractivity contribution in [1.82, 2.24) is 9.55 Å². The van der Waals surface area contributed by atoms with E-state index in [-0.39, 0.29) is 18.5 Å². The number of nitrogens with zero attached hydrogens (tertiary/aromatic N) is 2. The van der Waals surface area contributed by atoms with Crippen LogP contribution in [0.5, 0.6) is 0 Å². The third kappa shape index (κ3) is 2.24. The maximum absolute atomic E-state index is 12.5. The van der Waals surface area contributed by atoms with Crippen LogP contribution in [0.2, 0.25) is 0 Å². The smallest absolute Gasteiger partial charge is 0.262 e. The summed E-state index contributed by atoms with van der Waals surface area (Å²) in [5.41, 5.74) is 1.01. The Morgan fingerprint density at radius 3 is 3.15 bits per heavy atom. The molecule has 20 heavy (non-hydrogen) atoms. The number of aromatic nitrogens is 2. The van der Waals surface area contributed by atoms with Crippen LogP contribution < -0.4 is 10.7 Å². The van der Waals surface area contributed by atoms with Gasteiger partial charge >= 0.3 is 0 Å². The maximum Gasteiger partial charge on any atom is 0.262 e. The number of aliphatic carboxylic acids is 1. The first-order valence-corrected chi connectivity index (χ1v) is 7.57. The van der Waals surface area contributed by atoms with Crippen molar-refractivity contribution in [3.8, 4) is 0 Å². The maximum atomic E-state index is 12.5. The molecule has 1 atom stereocenters. The van der Waals surface area contributed by atoms with E-state index in [1.165, 1.54) is 15.8 Å².